The van der Waals surface area contributed by atoms with Crippen LogP contribution in [0.4, 0.5) is 0 Å². The van der Waals surface area contributed by atoms with Crippen LogP contribution in [0.25, 0.3) is 11.2 Å². The number of H-pyrrole nitrogens is 2. The van der Waals surface area contributed by atoms with Crippen LogP contribution < -0.4 is 4.87 Å². The number of aromatic nitrogens is 5. The summed E-state index contributed by atoms with van der Waals surface area (Å²) in [7, 11) is 0. The first kappa shape index (κ1) is 12.4. The molecule has 0 amide bonds. The molecule has 0 aliphatic rings. The molecular weight excluding hydrogens is 282 g/mol. The summed E-state index contributed by atoms with van der Waals surface area (Å²) in [5, 5.41) is 6.29. The van der Waals surface area contributed by atoms with Crippen molar-refractivity contribution >= 4 is 34.7 Å². The highest BCUT2D eigenvalue weighted by Gasteiger charge is 2.14. The molecule has 3 heterocycles. The summed E-state index contributed by atoms with van der Waals surface area (Å²) in [5.41, 5.74) is 3.72. The SMILES string of the molecule is CCn1nc(C)c2[nH]c(=S)n(Cc3csc(=O)[nH]3)c21. The number of imidazole rings is 1. The van der Waals surface area contributed by atoms with Crippen molar-refractivity contribution < 1.29 is 0 Å². The van der Waals surface area contributed by atoms with Crippen molar-refractivity contribution in [1.82, 2.24) is 24.3 Å². The molecule has 3 aromatic heterocycles. The van der Waals surface area contributed by atoms with Gasteiger partial charge in [0.15, 0.2) is 10.4 Å². The van der Waals surface area contributed by atoms with Crippen molar-refractivity contribution in [2.45, 2.75) is 26.9 Å². The van der Waals surface area contributed by atoms with E-state index in [-0.39, 0.29) is 4.87 Å². The molecule has 0 saturated heterocycles. The number of fused-ring (bicyclic) bond motifs is 1. The third kappa shape index (κ3) is 1.96. The molecule has 0 spiro atoms. The van der Waals surface area contributed by atoms with Gasteiger partial charge in [-0.3, -0.25) is 9.36 Å². The summed E-state index contributed by atoms with van der Waals surface area (Å²) >= 11 is 6.52. The first-order chi connectivity index (χ1) is 9.10. The second kappa shape index (κ2) is 4.46. The minimum atomic E-state index is -0.0477. The Balaban J connectivity index is 2.19. The molecule has 3 rings (SSSR count). The number of hydrogen-bond donors (Lipinski definition) is 2. The molecule has 100 valence electrons. The average Bonchev–Trinajstić information content (AvgIpc) is 3.00. The van der Waals surface area contributed by atoms with E-state index in [1.807, 2.05) is 28.5 Å². The lowest BCUT2D eigenvalue weighted by Gasteiger charge is -2.04. The molecule has 0 aromatic carbocycles. The minimum absolute atomic E-state index is 0.0477. The molecule has 3 aromatic rings. The lowest BCUT2D eigenvalue weighted by Crippen LogP contribution is -2.07. The molecule has 0 aliphatic carbocycles. The Morgan fingerprint density at radius 2 is 2.26 bits per heavy atom. The number of nitrogens with one attached hydrogen (secondary N) is 2. The zero-order valence-electron chi connectivity index (χ0n) is 10.6. The second-order valence-electron chi connectivity index (χ2n) is 4.29. The van der Waals surface area contributed by atoms with Gasteiger partial charge in [-0.05, 0) is 26.1 Å². The number of hydrogen-bond acceptors (Lipinski definition) is 4. The van der Waals surface area contributed by atoms with E-state index in [1.165, 1.54) is 0 Å². The van der Waals surface area contributed by atoms with Gasteiger partial charge in [0.2, 0.25) is 0 Å². The molecule has 0 atom stereocenters. The van der Waals surface area contributed by atoms with E-state index in [1.54, 1.807) is 0 Å². The fraction of sp³-hybridized carbons (Fsp3) is 0.364. The average molecular weight is 295 g/mol. The smallest absolute Gasteiger partial charge is 0.304 e. The normalized spacial score (nSPS) is 11.5. The fourth-order valence-electron chi connectivity index (χ4n) is 2.19. The highest BCUT2D eigenvalue weighted by Crippen LogP contribution is 2.18. The fourth-order valence-corrected chi connectivity index (χ4v) is 3.02. The standard InChI is InChI=1S/C11H13N5OS2/c1-3-16-9-8(6(2)14-16)13-10(18)15(9)4-7-5-19-11(17)12-7/h5H,3-4H2,1-2H3,(H,12,17)(H,13,18). The van der Waals surface area contributed by atoms with Crippen LogP contribution in [0.2, 0.25) is 0 Å². The molecule has 6 nitrogen and oxygen atoms in total. The van der Waals surface area contributed by atoms with Crippen LogP contribution in [-0.4, -0.2) is 24.3 Å². The Morgan fingerprint density at radius 3 is 2.89 bits per heavy atom. The van der Waals surface area contributed by atoms with Crippen LogP contribution in [0.15, 0.2) is 10.2 Å². The van der Waals surface area contributed by atoms with Crippen LogP contribution >= 0.6 is 23.6 Å². The van der Waals surface area contributed by atoms with Crippen molar-refractivity contribution in [3.05, 3.63) is 31.2 Å². The maximum Gasteiger partial charge on any atom is 0.304 e. The lowest BCUT2D eigenvalue weighted by molar-refractivity contribution is 0.641. The number of rotatable bonds is 3. The van der Waals surface area contributed by atoms with Crippen LogP contribution in [0, 0.1) is 11.7 Å². The van der Waals surface area contributed by atoms with Gasteiger partial charge in [0, 0.05) is 17.6 Å². The first-order valence-corrected chi connectivity index (χ1v) is 7.21. The number of nitrogens with zero attached hydrogens (tertiary/aromatic N) is 3. The van der Waals surface area contributed by atoms with Gasteiger partial charge in [-0.15, -0.1) is 0 Å². The third-order valence-electron chi connectivity index (χ3n) is 3.03. The van der Waals surface area contributed by atoms with Gasteiger partial charge in [-0.1, -0.05) is 11.3 Å². The van der Waals surface area contributed by atoms with Gasteiger partial charge in [-0.25, -0.2) is 4.68 Å². The number of aromatic amines is 2. The molecule has 0 saturated carbocycles. The Hall–Kier alpha value is -1.67. The molecule has 0 radical (unpaired) electrons. The van der Waals surface area contributed by atoms with Gasteiger partial charge in [-0.2, -0.15) is 5.10 Å². The summed E-state index contributed by atoms with van der Waals surface area (Å²) in [6, 6.07) is 0. The van der Waals surface area contributed by atoms with E-state index in [4.69, 9.17) is 12.2 Å². The molecule has 0 aliphatic heterocycles. The van der Waals surface area contributed by atoms with E-state index < -0.39 is 0 Å². The molecular formula is C11H13N5OS2. The van der Waals surface area contributed by atoms with Crippen molar-refractivity contribution in [2.75, 3.05) is 0 Å². The summed E-state index contributed by atoms with van der Waals surface area (Å²) in [4.78, 5) is 17.1. The van der Waals surface area contributed by atoms with E-state index >= 15 is 0 Å². The Bertz CT molecular complexity index is 847. The van der Waals surface area contributed by atoms with Crippen LogP contribution in [0.3, 0.4) is 0 Å². The third-order valence-corrected chi connectivity index (χ3v) is 4.07. The molecule has 0 bridgehead atoms. The van der Waals surface area contributed by atoms with Crippen molar-refractivity contribution in [2.24, 2.45) is 0 Å². The highest BCUT2D eigenvalue weighted by atomic mass is 32.1. The van der Waals surface area contributed by atoms with Crippen molar-refractivity contribution in [3.8, 4) is 0 Å². The Kier molecular flexibility index (Phi) is 2.90. The van der Waals surface area contributed by atoms with Gasteiger partial charge in [0.25, 0.3) is 0 Å². The minimum Gasteiger partial charge on any atom is -0.328 e. The maximum atomic E-state index is 11.2. The number of aryl methyl sites for hydroxylation is 2. The van der Waals surface area contributed by atoms with Crippen LogP contribution in [-0.2, 0) is 13.1 Å². The predicted octanol–water partition coefficient (Wildman–Crippen LogP) is 2.02. The molecule has 0 unspecified atom stereocenters. The summed E-state index contributed by atoms with van der Waals surface area (Å²) < 4.78 is 4.53. The summed E-state index contributed by atoms with van der Waals surface area (Å²) in [5.74, 6) is 0. The topological polar surface area (TPSA) is 71.4 Å². The monoisotopic (exact) mass is 295 g/mol. The van der Waals surface area contributed by atoms with E-state index in [9.17, 15) is 4.79 Å². The quantitative estimate of drug-likeness (QED) is 0.726. The van der Waals surface area contributed by atoms with Gasteiger partial charge in [0.05, 0.1) is 12.2 Å². The zero-order chi connectivity index (χ0) is 13.6. The number of thiazole rings is 1. The van der Waals surface area contributed by atoms with Crippen LogP contribution in [0.5, 0.6) is 0 Å². The van der Waals surface area contributed by atoms with E-state index in [0.717, 1.165) is 40.4 Å². The molecule has 0 fully saturated rings. The highest BCUT2D eigenvalue weighted by molar-refractivity contribution is 7.71. The van der Waals surface area contributed by atoms with E-state index in [2.05, 4.69) is 15.1 Å². The van der Waals surface area contributed by atoms with Gasteiger partial charge in [0.1, 0.15) is 5.52 Å². The van der Waals surface area contributed by atoms with Crippen molar-refractivity contribution in [3.63, 3.8) is 0 Å². The summed E-state index contributed by atoms with van der Waals surface area (Å²) in [6.45, 7) is 5.31. The van der Waals surface area contributed by atoms with Crippen molar-refractivity contribution in [1.29, 1.82) is 0 Å². The molecule has 19 heavy (non-hydrogen) atoms. The Morgan fingerprint density at radius 1 is 1.47 bits per heavy atom. The molecule has 2 N–H and O–H groups in total. The van der Waals surface area contributed by atoms with Crippen LogP contribution in [0.1, 0.15) is 18.3 Å². The molecule has 8 heteroatoms. The Labute approximate surface area is 117 Å². The first-order valence-electron chi connectivity index (χ1n) is 5.92. The largest absolute Gasteiger partial charge is 0.328 e. The summed E-state index contributed by atoms with van der Waals surface area (Å²) in [6.07, 6.45) is 0. The zero-order valence-corrected chi connectivity index (χ0v) is 12.2. The van der Waals surface area contributed by atoms with Gasteiger partial charge >= 0.3 is 4.87 Å². The lowest BCUT2D eigenvalue weighted by atomic mass is 10.4. The van der Waals surface area contributed by atoms with E-state index in [0.29, 0.717) is 11.3 Å². The van der Waals surface area contributed by atoms with Gasteiger partial charge < -0.3 is 9.97 Å². The second-order valence-corrected chi connectivity index (χ2v) is 5.52. The predicted molar refractivity (Wildman–Crippen MR) is 77.4 cm³/mol. The maximum absolute atomic E-state index is 11.2.